The van der Waals surface area contributed by atoms with Crippen LogP contribution in [-0.2, 0) is 16.0 Å². The smallest absolute Gasteiger partial charge is 0.253 e. The second kappa shape index (κ2) is 11.5. The zero-order valence-electron chi connectivity index (χ0n) is 19.8. The number of carbonyl (C=O) groups is 3. The average molecular weight is 451 g/mol. The van der Waals surface area contributed by atoms with Gasteiger partial charge in [-0.2, -0.15) is 0 Å². The molecule has 1 aliphatic heterocycles. The lowest BCUT2D eigenvalue weighted by atomic mass is 9.98. The standard InChI is InChI=1S/C26H34N4O3/c1-19-14-16-30(17-15-19)26(33)21-7-11-22(12-8-21)27-18-24(31)28-23-9-4-20(5-10-23)6-13-25(32)29(2)3/h4-5,7-12,19,27H,6,13-18H2,1-3H3,(H,28,31). The molecule has 0 aliphatic carbocycles. The minimum absolute atomic E-state index is 0.0701. The van der Waals surface area contributed by atoms with E-state index in [1.807, 2.05) is 41.3 Å². The maximum atomic E-state index is 12.6. The highest BCUT2D eigenvalue weighted by Gasteiger charge is 2.21. The molecule has 33 heavy (non-hydrogen) atoms. The molecule has 176 valence electrons. The van der Waals surface area contributed by atoms with E-state index in [-0.39, 0.29) is 24.3 Å². The zero-order chi connectivity index (χ0) is 23.8. The van der Waals surface area contributed by atoms with Crippen LogP contribution in [0.15, 0.2) is 48.5 Å². The van der Waals surface area contributed by atoms with Crippen LogP contribution >= 0.6 is 0 Å². The number of hydrogen-bond donors (Lipinski definition) is 2. The van der Waals surface area contributed by atoms with Gasteiger partial charge in [-0.05, 0) is 67.1 Å². The molecule has 0 unspecified atom stereocenters. The molecule has 2 N–H and O–H groups in total. The van der Waals surface area contributed by atoms with E-state index in [1.54, 1.807) is 31.1 Å². The van der Waals surface area contributed by atoms with Gasteiger partial charge >= 0.3 is 0 Å². The van der Waals surface area contributed by atoms with Crippen molar-refractivity contribution in [1.29, 1.82) is 0 Å². The molecule has 0 spiro atoms. The summed E-state index contributed by atoms with van der Waals surface area (Å²) in [6, 6.07) is 14.8. The van der Waals surface area contributed by atoms with Gasteiger partial charge in [-0.25, -0.2) is 0 Å². The Kier molecular flexibility index (Phi) is 8.46. The fourth-order valence-electron chi connectivity index (χ4n) is 3.74. The Bertz CT molecular complexity index is 947. The molecular weight excluding hydrogens is 416 g/mol. The number of benzene rings is 2. The number of anilines is 2. The first-order valence-corrected chi connectivity index (χ1v) is 11.5. The Morgan fingerprint density at radius 1 is 0.939 bits per heavy atom. The van der Waals surface area contributed by atoms with Gasteiger partial charge in [-0.15, -0.1) is 0 Å². The van der Waals surface area contributed by atoms with Gasteiger partial charge < -0.3 is 20.4 Å². The van der Waals surface area contributed by atoms with Crippen LogP contribution < -0.4 is 10.6 Å². The first kappa shape index (κ1) is 24.3. The summed E-state index contributed by atoms with van der Waals surface area (Å²) in [5.41, 5.74) is 3.22. The molecule has 1 aliphatic rings. The highest BCUT2D eigenvalue weighted by atomic mass is 16.2. The fraction of sp³-hybridized carbons (Fsp3) is 0.423. The van der Waals surface area contributed by atoms with Crippen LogP contribution in [0.3, 0.4) is 0 Å². The second-order valence-corrected chi connectivity index (χ2v) is 8.94. The molecule has 3 amide bonds. The predicted molar refractivity (Wildman–Crippen MR) is 131 cm³/mol. The number of carbonyl (C=O) groups excluding carboxylic acids is 3. The summed E-state index contributed by atoms with van der Waals surface area (Å²) >= 11 is 0. The van der Waals surface area contributed by atoms with Crippen LogP contribution in [0.5, 0.6) is 0 Å². The van der Waals surface area contributed by atoms with Crippen LogP contribution in [0.2, 0.25) is 0 Å². The summed E-state index contributed by atoms with van der Waals surface area (Å²) in [6.07, 6.45) is 3.24. The molecule has 2 aromatic carbocycles. The number of hydrogen-bond acceptors (Lipinski definition) is 4. The fourth-order valence-corrected chi connectivity index (χ4v) is 3.74. The number of likely N-dealkylation sites (tertiary alicyclic amines) is 1. The Balaban J connectivity index is 1.43. The van der Waals surface area contributed by atoms with E-state index in [0.717, 1.165) is 37.2 Å². The van der Waals surface area contributed by atoms with Gasteiger partial charge in [-0.1, -0.05) is 19.1 Å². The van der Waals surface area contributed by atoms with Crippen LogP contribution in [0, 0.1) is 5.92 Å². The van der Waals surface area contributed by atoms with Crippen molar-refractivity contribution in [3.8, 4) is 0 Å². The van der Waals surface area contributed by atoms with E-state index in [0.29, 0.717) is 30.0 Å². The van der Waals surface area contributed by atoms with Crippen LogP contribution in [-0.4, -0.2) is 61.3 Å². The third-order valence-corrected chi connectivity index (χ3v) is 6.02. The molecule has 0 radical (unpaired) electrons. The number of rotatable bonds is 8. The summed E-state index contributed by atoms with van der Waals surface area (Å²) in [4.78, 5) is 40.1. The van der Waals surface area contributed by atoms with Crippen molar-refractivity contribution in [2.45, 2.75) is 32.6 Å². The van der Waals surface area contributed by atoms with Crippen molar-refractivity contribution in [1.82, 2.24) is 9.80 Å². The van der Waals surface area contributed by atoms with Crippen LogP contribution in [0.4, 0.5) is 11.4 Å². The first-order valence-electron chi connectivity index (χ1n) is 11.5. The highest BCUT2D eigenvalue weighted by molar-refractivity contribution is 5.95. The molecule has 1 saturated heterocycles. The number of piperidine rings is 1. The molecule has 7 nitrogen and oxygen atoms in total. The van der Waals surface area contributed by atoms with Gasteiger partial charge in [0.15, 0.2) is 0 Å². The number of amides is 3. The van der Waals surface area contributed by atoms with Gasteiger partial charge in [0.05, 0.1) is 6.54 Å². The number of aryl methyl sites for hydroxylation is 1. The second-order valence-electron chi connectivity index (χ2n) is 8.94. The Morgan fingerprint density at radius 2 is 1.55 bits per heavy atom. The summed E-state index contributed by atoms with van der Waals surface area (Å²) in [5.74, 6) is 0.689. The van der Waals surface area contributed by atoms with E-state index < -0.39 is 0 Å². The van der Waals surface area contributed by atoms with Crippen molar-refractivity contribution >= 4 is 29.1 Å². The number of nitrogens with zero attached hydrogens (tertiary/aromatic N) is 2. The van der Waals surface area contributed by atoms with Crippen LogP contribution in [0.25, 0.3) is 0 Å². The maximum absolute atomic E-state index is 12.6. The molecule has 7 heteroatoms. The zero-order valence-corrected chi connectivity index (χ0v) is 19.8. The largest absolute Gasteiger partial charge is 0.376 e. The lowest BCUT2D eigenvalue weighted by molar-refractivity contribution is -0.128. The first-order chi connectivity index (χ1) is 15.8. The van der Waals surface area contributed by atoms with Crippen molar-refractivity contribution < 1.29 is 14.4 Å². The van der Waals surface area contributed by atoms with Gasteiger partial charge in [0.1, 0.15) is 0 Å². The molecule has 0 bridgehead atoms. The minimum Gasteiger partial charge on any atom is -0.376 e. The summed E-state index contributed by atoms with van der Waals surface area (Å²) < 4.78 is 0. The highest BCUT2D eigenvalue weighted by Crippen LogP contribution is 2.19. The van der Waals surface area contributed by atoms with Gasteiger partial charge in [0, 0.05) is 50.5 Å². The SMILES string of the molecule is CC1CCN(C(=O)c2ccc(NCC(=O)Nc3ccc(CCC(=O)N(C)C)cc3)cc2)CC1. The Hall–Kier alpha value is -3.35. The van der Waals surface area contributed by atoms with Crippen molar-refractivity contribution in [3.63, 3.8) is 0 Å². The maximum Gasteiger partial charge on any atom is 0.253 e. The molecule has 0 atom stereocenters. The molecule has 0 saturated carbocycles. The molecule has 0 aromatic heterocycles. The van der Waals surface area contributed by atoms with E-state index in [1.165, 1.54) is 0 Å². The van der Waals surface area contributed by atoms with E-state index in [2.05, 4.69) is 17.6 Å². The van der Waals surface area contributed by atoms with Gasteiger partial charge in [-0.3, -0.25) is 14.4 Å². The third-order valence-electron chi connectivity index (χ3n) is 6.02. The lowest BCUT2D eigenvalue weighted by Gasteiger charge is -2.30. The molecular formula is C26H34N4O3. The molecule has 1 fully saturated rings. The molecule has 1 heterocycles. The van der Waals surface area contributed by atoms with Crippen molar-refractivity contribution in [3.05, 3.63) is 59.7 Å². The monoisotopic (exact) mass is 450 g/mol. The van der Waals surface area contributed by atoms with Gasteiger partial charge in [0.2, 0.25) is 11.8 Å². The summed E-state index contributed by atoms with van der Waals surface area (Å²) in [6.45, 7) is 3.98. The Labute approximate surface area is 196 Å². The minimum atomic E-state index is -0.159. The summed E-state index contributed by atoms with van der Waals surface area (Å²) in [5, 5.41) is 5.95. The summed E-state index contributed by atoms with van der Waals surface area (Å²) in [7, 11) is 3.50. The Morgan fingerprint density at radius 3 is 2.15 bits per heavy atom. The van der Waals surface area contributed by atoms with Gasteiger partial charge in [0.25, 0.3) is 5.91 Å². The number of nitrogens with one attached hydrogen (secondary N) is 2. The van der Waals surface area contributed by atoms with E-state index in [9.17, 15) is 14.4 Å². The lowest BCUT2D eigenvalue weighted by Crippen LogP contribution is -2.37. The third kappa shape index (κ3) is 7.34. The topological polar surface area (TPSA) is 81.8 Å². The molecule has 3 rings (SSSR count). The normalized spacial score (nSPS) is 14.0. The van der Waals surface area contributed by atoms with Crippen molar-refractivity contribution in [2.75, 3.05) is 44.4 Å². The average Bonchev–Trinajstić information content (AvgIpc) is 2.82. The predicted octanol–water partition coefficient (Wildman–Crippen LogP) is 3.63. The van der Waals surface area contributed by atoms with E-state index in [4.69, 9.17) is 0 Å². The van der Waals surface area contributed by atoms with Crippen LogP contribution in [0.1, 0.15) is 42.1 Å². The van der Waals surface area contributed by atoms with Crippen molar-refractivity contribution in [2.24, 2.45) is 5.92 Å². The molecule has 2 aromatic rings. The van der Waals surface area contributed by atoms with E-state index >= 15 is 0 Å². The quantitative estimate of drug-likeness (QED) is 0.644.